The molecule has 0 unspecified atom stereocenters. The predicted octanol–water partition coefficient (Wildman–Crippen LogP) is 5.38. The molecule has 3 aromatic rings. The molecule has 0 amide bonds. The van der Waals surface area contributed by atoms with Gasteiger partial charge in [0.15, 0.2) is 0 Å². The summed E-state index contributed by atoms with van der Waals surface area (Å²) in [5.41, 5.74) is 10.8. The molecule has 1 aromatic heterocycles. The number of anilines is 1. The number of nitrogens with two attached hydrogens (primary N) is 1. The molecule has 2 N–H and O–H groups in total. The van der Waals surface area contributed by atoms with E-state index in [1.165, 1.54) is 5.56 Å². The number of unbranched alkanes of at least 4 members (excludes halogenated alkanes) is 1. The lowest BCUT2D eigenvalue weighted by Gasteiger charge is -2.06. The Hall–Kier alpha value is -3.11. The number of nitrogen functional groups attached to an aromatic ring is 1. The first-order chi connectivity index (χ1) is 14.2. The Morgan fingerprint density at radius 1 is 0.931 bits per heavy atom. The lowest BCUT2D eigenvalue weighted by molar-refractivity contribution is 0.114. The highest BCUT2D eigenvalue weighted by Gasteiger charge is 1.99. The summed E-state index contributed by atoms with van der Waals surface area (Å²) in [6.45, 7) is 1.27. The zero-order valence-corrected chi connectivity index (χ0v) is 16.9. The van der Waals surface area contributed by atoms with E-state index in [1.54, 1.807) is 7.11 Å². The van der Waals surface area contributed by atoms with Crippen LogP contribution in [0.2, 0.25) is 0 Å². The highest BCUT2D eigenvalue weighted by molar-refractivity contribution is 5.69. The first-order valence-electron chi connectivity index (χ1n) is 9.93. The average Bonchev–Trinajstić information content (AvgIpc) is 2.75. The quantitative estimate of drug-likeness (QED) is 0.374. The van der Waals surface area contributed by atoms with E-state index in [-0.39, 0.29) is 0 Å². The van der Waals surface area contributed by atoms with E-state index < -0.39 is 0 Å². The van der Waals surface area contributed by atoms with Gasteiger partial charge < -0.3 is 15.2 Å². The summed E-state index contributed by atoms with van der Waals surface area (Å²) in [6.07, 6.45) is 7.19. The molecule has 0 aliphatic heterocycles. The first-order valence-corrected chi connectivity index (χ1v) is 9.93. The largest absolute Gasteiger partial charge is 0.497 e. The van der Waals surface area contributed by atoms with Gasteiger partial charge in [-0.05, 0) is 72.9 Å². The van der Waals surface area contributed by atoms with Gasteiger partial charge in [0, 0.05) is 12.3 Å². The van der Waals surface area contributed by atoms with Crippen LogP contribution in [-0.2, 0) is 17.8 Å². The van der Waals surface area contributed by atoms with E-state index >= 15 is 0 Å². The van der Waals surface area contributed by atoms with Crippen LogP contribution >= 0.6 is 0 Å². The van der Waals surface area contributed by atoms with Crippen molar-refractivity contribution in [1.82, 2.24) is 4.98 Å². The van der Waals surface area contributed by atoms with Crippen LogP contribution in [0, 0.1) is 0 Å². The van der Waals surface area contributed by atoms with Crippen LogP contribution in [0.25, 0.3) is 12.2 Å². The minimum Gasteiger partial charge on any atom is -0.497 e. The molecular formula is C25H28N2O2. The molecule has 4 nitrogen and oxygen atoms in total. The second kappa shape index (κ2) is 11.0. The summed E-state index contributed by atoms with van der Waals surface area (Å²) in [6, 6.07) is 22.0. The molecule has 0 saturated heterocycles. The van der Waals surface area contributed by atoms with Crippen LogP contribution in [0.5, 0.6) is 5.75 Å². The molecule has 0 aliphatic carbocycles. The van der Waals surface area contributed by atoms with Gasteiger partial charge in [0.2, 0.25) is 0 Å². The number of benzene rings is 2. The zero-order chi connectivity index (χ0) is 20.3. The minimum atomic E-state index is 0.530. The summed E-state index contributed by atoms with van der Waals surface area (Å²) in [7, 11) is 1.69. The molecule has 3 rings (SSSR count). The SMILES string of the molecule is COc1ccc(CCCCOCc2cccc(/C=C/c3cccc(N)c3)n2)cc1. The third-order valence-electron chi connectivity index (χ3n) is 4.60. The average molecular weight is 389 g/mol. The highest BCUT2D eigenvalue weighted by atomic mass is 16.5. The van der Waals surface area contributed by atoms with Crippen molar-refractivity contribution in [1.29, 1.82) is 0 Å². The molecule has 0 spiro atoms. The second-order valence-corrected chi connectivity index (χ2v) is 6.92. The van der Waals surface area contributed by atoms with Crippen LogP contribution in [0.1, 0.15) is 35.4 Å². The van der Waals surface area contributed by atoms with Crippen molar-refractivity contribution in [2.24, 2.45) is 0 Å². The highest BCUT2D eigenvalue weighted by Crippen LogP contribution is 2.14. The first kappa shape index (κ1) is 20.6. The molecular weight excluding hydrogens is 360 g/mol. The molecule has 4 heteroatoms. The molecule has 29 heavy (non-hydrogen) atoms. The summed E-state index contributed by atoms with van der Waals surface area (Å²) >= 11 is 0. The van der Waals surface area contributed by atoms with Crippen molar-refractivity contribution >= 4 is 17.8 Å². The van der Waals surface area contributed by atoms with Crippen molar-refractivity contribution in [3.8, 4) is 5.75 Å². The van der Waals surface area contributed by atoms with Crippen molar-refractivity contribution in [3.63, 3.8) is 0 Å². The standard InChI is InChI=1S/C25H28N2O2/c1-28-25-15-12-20(13-16-25)6-2-3-17-29-19-24-10-5-9-23(27-24)14-11-21-7-4-8-22(26)18-21/h4-5,7-16,18H,2-3,6,17,19,26H2,1H3/b14-11+. The minimum absolute atomic E-state index is 0.530. The number of methoxy groups -OCH3 is 1. The Morgan fingerprint density at radius 3 is 2.55 bits per heavy atom. The molecule has 0 aliphatic rings. The van der Waals surface area contributed by atoms with Crippen molar-refractivity contribution in [2.45, 2.75) is 25.9 Å². The Morgan fingerprint density at radius 2 is 1.76 bits per heavy atom. The summed E-state index contributed by atoms with van der Waals surface area (Å²) < 4.78 is 11.0. The molecule has 0 atom stereocenters. The summed E-state index contributed by atoms with van der Waals surface area (Å²) in [4.78, 5) is 4.64. The third kappa shape index (κ3) is 7.09. The van der Waals surface area contributed by atoms with Crippen molar-refractivity contribution < 1.29 is 9.47 Å². The normalized spacial score (nSPS) is 11.1. The van der Waals surface area contributed by atoms with Gasteiger partial charge in [0.1, 0.15) is 5.75 Å². The van der Waals surface area contributed by atoms with E-state index in [1.807, 2.05) is 66.7 Å². The fourth-order valence-corrected chi connectivity index (χ4v) is 3.02. The Balaban J connectivity index is 1.39. The number of nitrogens with zero attached hydrogens (tertiary/aromatic N) is 1. The molecule has 150 valence electrons. The Bertz CT molecular complexity index is 920. The van der Waals surface area contributed by atoms with Crippen LogP contribution in [0.4, 0.5) is 5.69 Å². The molecule has 0 fully saturated rings. The summed E-state index contributed by atoms with van der Waals surface area (Å²) in [5.74, 6) is 0.898. The van der Waals surface area contributed by atoms with E-state index in [9.17, 15) is 0 Å². The van der Waals surface area contributed by atoms with E-state index in [0.29, 0.717) is 6.61 Å². The van der Waals surface area contributed by atoms with Crippen LogP contribution in [-0.4, -0.2) is 18.7 Å². The number of aryl methyl sites for hydroxylation is 1. The molecule has 0 radical (unpaired) electrons. The predicted molar refractivity (Wildman–Crippen MR) is 120 cm³/mol. The number of pyridine rings is 1. The number of hydrogen-bond donors (Lipinski definition) is 1. The monoisotopic (exact) mass is 388 g/mol. The van der Waals surface area contributed by atoms with E-state index in [0.717, 1.165) is 54.3 Å². The van der Waals surface area contributed by atoms with Gasteiger partial charge in [0.05, 0.1) is 25.1 Å². The van der Waals surface area contributed by atoms with Gasteiger partial charge >= 0.3 is 0 Å². The fourth-order valence-electron chi connectivity index (χ4n) is 3.02. The number of rotatable bonds is 10. The summed E-state index contributed by atoms with van der Waals surface area (Å²) in [5, 5.41) is 0. The lowest BCUT2D eigenvalue weighted by Crippen LogP contribution is -1.99. The smallest absolute Gasteiger partial charge is 0.118 e. The fraction of sp³-hybridized carbons (Fsp3) is 0.240. The van der Waals surface area contributed by atoms with E-state index in [4.69, 9.17) is 15.2 Å². The third-order valence-corrected chi connectivity index (χ3v) is 4.60. The molecule has 0 bridgehead atoms. The Kier molecular flexibility index (Phi) is 7.84. The van der Waals surface area contributed by atoms with Gasteiger partial charge in [-0.25, -0.2) is 0 Å². The van der Waals surface area contributed by atoms with Crippen LogP contribution in [0.15, 0.2) is 66.7 Å². The van der Waals surface area contributed by atoms with Gasteiger partial charge in [-0.1, -0.05) is 36.4 Å². The molecule has 1 heterocycles. The van der Waals surface area contributed by atoms with Crippen LogP contribution < -0.4 is 10.5 Å². The van der Waals surface area contributed by atoms with Gasteiger partial charge in [-0.2, -0.15) is 0 Å². The zero-order valence-electron chi connectivity index (χ0n) is 16.9. The number of hydrogen-bond acceptors (Lipinski definition) is 4. The van der Waals surface area contributed by atoms with Gasteiger partial charge in [-0.15, -0.1) is 0 Å². The molecule has 0 saturated carbocycles. The number of aromatic nitrogens is 1. The maximum atomic E-state index is 5.81. The Labute approximate surface area is 173 Å². The lowest BCUT2D eigenvalue weighted by atomic mass is 10.1. The van der Waals surface area contributed by atoms with Crippen molar-refractivity contribution in [2.75, 3.05) is 19.5 Å². The maximum Gasteiger partial charge on any atom is 0.118 e. The number of ether oxygens (including phenoxy) is 2. The molecule has 2 aromatic carbocycles. The van der Waals surface area contributed by atoms with E-state index in [2.05, 4.69) is 17.1 Å². The topological polar surface area (TPSA) is 57.4 Å². The van der Waals surface area contributed by atoms with Gasteiger partial charge in [-0.3, -0.25) is 4.98 Å². The van der Waals surface area contributed by atoms with Gasteiger partial charge in [0.25, 0.3) is 0 Å². The maximum absolute atomic E-state index is 5.81. The van der Waals surface area contributed by atoms with Crippen molar-refractivity contribution in [3.05, 3.63) is 89.2 Å². The second-order valence-electron chi connectivity index (χ2n) is 6.92. The van der Waals surface area contributed by atoms with Crippen LogP contribution in [0.3, 0.4) is 0 Å².